The third kappa shape index (κ3) is 3.10. The van der Waals surface area contributed by atoms with Gasteiger partial charge in [-0.3, -0.25) is 0 Å². The standard InChI is InChI=1S/C10H20FN/c1-9(12-8-7-11)10-5-3-2-4-6-10/h9-10,12H,2-8H2,1H3/t9-/m1/s1. The maximum atomic E-state index is 11.9. The third-order valence-electron chi connectivity index (χ3n) is 2.92. The lowest BCUT2D eigenvalue weighted by atomic mass is 9.84. The first-order chi connectivity index (χ1) is 5.84. The lowest BCUT2D eigenvalue weighted by Crippen LogP contribution is -2.35. The van der Waals surface area contributed by atoms with Crippen molar-refractivity contribution < 1.29 is 4.39 Å². The van der Waals surface area contributed by atoms with E-state index < -0.39 is 0 Å². The second-order valence-corrected chi connectivity index (χ2v) is 3.83. The molecule has 0 radical (unpaired) electrons. The summed E-state index contributed by atoms with van der Waals surface area (Å²) in [6.07, 6.45) is 6.80. The molecule has 0 aromatic carbocycles. The second-order valence-electron chi connectivity index (χ2n) is 3.83. The Morgan fingerprint density at radius 3 is 2.58 bits per heavy atom. The summed E-state index contributed by atoms with van der Waals surface area (Å²) in [5.41, 5.74) is 0. The van der Waals surface area contributed by atoms with Crippen molar-refractivity contribution in [2.24, 2.45) is 5.92 Å². The lowest BCUT2D eigenvalue weighted by molar-refractivity contribution is 0.276. The third-order valence-corrected chi connectivity index (χ3v) is 2.92. The van der Waals surface area contributed by atoms with Gasteiger partial charge in [-0.05, 0) is 25.7 Å². The van der Waals surface area contributed by atoms with Gasteiger partial charge in [-0.1, -0.05) is 19.3 Å². The summed E-state index contributed by atoms with van der Waals surface area (Å²) >= 11 is 0. The molecule has 0 unspecified atom stereocenters. The van der Waals surface area contributed by atoms with Gasteiger partial charge in [-0.25, -0.2) is 4.39 Å². The van der Waals surface area contributed by atoms with Crippen LogP contribution in [0.25, 0.3) is 0 Å². The second kappa shape index (κ2) is 5.52. The molecule has 1 aliphatic rings. The Hall–Kier alpha value is -0.110. The van der Waals surface area contributed by atoms with Gasteiger partial charge in [0.25, 0.3) is 0 Å². The van der Waals surface area contributed by atoms with Crippen molar-refractivity contribution in [3.8, 4) is 0 Å². The van der Waals surface area contributed by atoms with E-state index in [9.17, 15) is 4.39 Å². The van der Waals surface area contributed by atoms with E-state index in [1.165, 1.54) is 32.1 Å². The predicted octanol–water partition coefficient (Wildman–Crippen LogP) is 2.51. The summed E-state index contributed by atoms with van der Waals surface area (Å²) < 4.78 is 11.9. The molecule has 0 aromatic rings. The van der Waals surface area contributed by atoms with Gasteiger partial charge >= 0.3 is 0 Å². The molecule has 12 heavy (non-hydrogen) atoms. The number of halogens is 1. The van der Waals surface area contributed by atoms with Crippen LogP contribution in [0.2, 0.25) is 0 Å². The summed E-state index contributed by atoms with van der Waals surface area (Å²) in [4.78, 5) is 0. The zero-order valence-corrected chi connectivity index (χ0v) is 7.98. The molecule has 1 fully saturated rings. The molecule has 72 valence electrons. The minimum atomic E-state index is -0.239. The Balaban J connectivity index is 2.15. The van der Waals surface area contributed by atoms with Gasteiger partial charge in [0.15, 0.2) is 0 Å². The highest BCUT2D eigenvalue weighted by Gasteiger charge is 2.18. The van der Waals surface area contributed by atoms with Crippen LogP contribution >= 0.6 is 0 Å². The summed E-state index contributed by atoms with van der Waals surface area (Å²) in [6.45, 7) is 2.47. The quantitative estimate of drug-likeness (QED) is 0.688. The summed E-state index contributed by atoms with van der Waals surface area (Å²) in [5, 5.41) is 3.23. The first kappa shape index (κ1) is 9.97. The zero-order chi connectivity index (χ0) is 8.81. The molecule has 0 spiro atoms. The van der Waals surface area contributed by atoms with Crippen LogP contribution in [0.5, 0.6) is 0 Å². The van der Waals surface area contributed by atoms with Crippen molar-refractivity contribution in [2.75, 3.05) is 13.2 Å². The fourth-order valence-corrected chi connectivity index (χ4v) is 2.08. The van der Waals surface area contributed by atoms with E-state index >= 15 is 0 Å². The van der Waals surface area contributed by atoms with E-state index in [0.717, 1.165) is 5.92 Å². The van der Waals surface area contributed by atoms with Crippen molar-refractivity contribution in [3.63, 3.8) is 0 Å². The molecule has 1 atom stereocenters. The molecule has 2 heteroatoms. The van der Waals surface area contributed by atoms with E-state index in [1.54, 1.807) is 0 Å². The molecule has 0 amide bonds. The van der Waals surface area contributed by atoms with Crippen LogP contribution < -0.4 is 5.32 Å². The smallest absolute Gasteiger partial charge is 0.102 e. The number of rotatable bonds is 4. The fraction of sp³-hybridized carbons (Fsp3) is 1.00. The monoisotopic (exact) mass is 173 g/mol. The Morgan fingerprint density at radius 1 is 1.33 bits per heavy atom. The molecule has 1 nitrogen and oxygen atoms in total. The highest BCUT2D eigenvalue weighted by molar-refractivity contribution is 4.75. The molecule has 0 aromatic heterocycles. The summed E-state index contributed by atoms with van der Waals surface area (Å²) in [6, 6.07) is 0.515. The molecule has 1 N–H and O–H groups in total. The Labute approximate surface area is 74.7 Å². The highest BCUT2D eigenvalue weighted by atomic mass is 19.1. The van der Waals surface area contributed by atoms with Crippen molar-refractivity contribution in [2.45, 2.75) is 45.1 Å². The largest absolute Gasteiger partial charge is 0.311 e. The average molecular weight is 173 g/mol. The van der Waals surface area contributed by atoms with Gasteiger partial charge in [0.05, 0.1) is 0 Å². The molecule has 0 aliphatic heterocycles. The minimum Gasteiger partial charge on any atom is -0.311 e. The van der Waals surface area contributed by atoms with Gasteiger partial charge in [0.1, 0.15) is 6.67 Å². The van der Waals surface area contributed by atoms with E-state index in [0.29, 0.717) is 12.6 Å². The van der Waals surface area contributed by atoms with Gasteiger partial charge in [-0.15, -0.1) is 0 Å². The van der Waals surface area contributed by atoms with Crippen LogP contribution in [-0.4, -0.2) is 19.3 Å². The van der Waals surface area contributed by atoms with Crippen LogP contribution in [-0.2, 0) is 0 Å². The molecule has 1 aliphatic carbocycles. The van der Waals surface area contributed by atoms with E-state index in [-0.39, 0.29) is 6.67 Å². The predicted molar refractivity (Wildman–Crippen MR) is 50.0 cm³/mol. The Bertz CT molecular complexity index is 110. The first-order valence-electron chi connectivity index (χ1n) is 5.14. The lowest BCUT2D eigenvalue weighted by Gasteiger charge is -2.28. The van der Waals surface area contributed by atoms with Crippen LogP contribution in [0.4, 0.5) is 4.39 Å². The van der Waals surface area contributed by atoms with Crippen molar-refractivity contribution in [3.05, 3.63) is 0 Å². The minimum absolute atomic E-state index is 0.239. The topological polar surface area (TPSA) is 12.0 Å². The average Bonchev–Trinajstić information content (AvgIpc) is 2.15. The van der Waals surface area contributed by atoms with Crippen molar-refractivity contribution in [1.82, 2.24) is 5.32 Å². The number of alkyl halides is 1. The van der Waals surface area contributed by atoms with E-state index in [1.807, 2.05) is 0 Å². The highest BCUT2D eigenvalue weighted by Crippen LogP contribution is 2.26. The normalized spacial score (nSPS) is 22.5. The molecule has 1 saturated carbocycles. The van der Waals surface area contributed by atoms with Gasteiger partial charge in [0, 0.05) is 12.6 Å². The number of nitrogens with one attached hydrogen (secondary N) is 1. The van der Waals surface area contributed by atoms with Crippen LogP contribution in [0.3, 0.4) is 0 Å². The molecule has 0 bridgehead atoms. The Morgan fingerprint density at radius 2 is 2.00 bits per heavy atom. The molecule has 0 saturated heterocycles. The fourth-order valence-electron chi connectivity index (χ4n) is 2.08. The summed E-state index contributed by atoms with van der Waals surface area (Å²) in [7, 11) is 0. The number of hydrogen-bond donors (Lipinski definition) is 1. The van der Waals surface area contributed by atoms with E-state index in [2.05, 4.69) is 12.2 Å². The number of hydrogen-bond acceptors (Lipinski definition) is 1. The maximum absolute atomic E-state index is 11.9. The zero-order valence-electron chi connectivity index (χ0n) is 7.98. The molecule has 1 rings (SSSR count). The van der Waals surface area contributed by atoms with E-state index in [4.69, 9.17) is 0 Å². The SMILES string of the molecule is C[C@@H](NCCF)C1CCCCC1. The maximum Gasteiger partial charge on any atom is 0.102 e. The van der Waals surface area contributed by atoms with Crippen LogP contribution in [0.15, 0.2) is 0 Å². The molecule has 0 heterocycles. The van der Waals surface area contributed by atoms with Crippen molar-refractivity contribution >= 4 is 0 Å². The molecular formula is C10H20FN. The van der Waals surface area contributed by atoms with Crippen LogP contribution in [0.1, 0.15) is 39.0 Å². The van der Waals surface area contributed by atoms with Gasteiger partial charge < -0.3 is 5.32 Å². The van der Waals surface area contributed by atoms with Crippen LogP contribution in [0, 0.1) is 5.92 Å². The van der Waals surface area contributed by atoms with Gasteiger partial charge in [-0.2, -0.15) is 0 Å². The van der Waals surface area contributed by atoms with Gasteiger partial charge in [0.2, 0.25) is 0 Å². The first-order valence-corrected chi connectivity index (χ1v) is 5.14. The van der Waals surface area contributed by atoms with Crippen molar-refractivity contribution in [1.29, 1.82) is 0 Å². The molecular weight excluding hydrogens is 153 g/mol. The Kier molecular flexibility index (Phi) is 4.59. The summed E-state index contributed by atoms with van der Waals surface area (Å²) in [5.74, 6) is 0.797.